The van der Waals surface area contributed by atoms with Crippen LogP contribution in [0.4, 0.5) is 0 Å². The van der Waals surface area contributed by atoms with Crippen molar-refractivity contribution in [2.75, 3.05) is 11.5 Å². The van der Waals surface area contributed by atoms with Crippen molar-refractivity contribution in [1.29, 1.82) is 10.5 Å². The van der Waals surface area contributed by atoms with Crippen LogP contribution in [0, 0.1) is 47.6 Å². The van der Waals surface area contributed by atoms with E-state index in [0.717, 1.165) is 114 Å². The van der Waals surface area contributed by atoms with E-state index in [1.54, 1.807) is 45.3 Å². The molecular weight excluding hydrogens is 1890 g/mol. The highest BCUT2D eigenvalue weighted by atomic mass is 32.2. The summed E-state index contributed by atoms with van der Waals surface area (Å²) in [7, 11) is 0. The summed E-state index contributed by atoms with van der Waals surface area (Å²) >= 11 is 21.5. The maximum Gasteiger partial charge on any atom is 0.270 e. The number of fused-ring (bicyclic) bond motifs is 16. The smallest absolute Gasteiger partial charge is 0.270 e. The van der Waals surface area contributed by atoms with Gasteiger partial charge in [0.15, 0.2) is 0 Å². The molecule has 0 saturated heterocycles. The molecule has 0 fully saturated rings. The average molecular weight is 2010 g/mol. The van der Waals surface area contributed by atoms with Crippen molar-refractivity contribution in [2.45, 2.75) is 254 Å². The molecule has 0 saturated carbocycles. The fourth-order valence-electron chi connectivity index (χ4n) is 21.5. The molecule has 0 amide bonds. The van der Waals surface area contributed by atoms with Crippen molar-refractivity contribution >= 4 is 211 Å². The molecule has 19 rings (SSSR count). The number of allylic oxidation sites excluding steroid dienone is 6. The van der Waals surface area contributed by atoms with Crippen LogP contribution in [0.25, 0.3) is 112 Å². The lowest BCUT2D eigenvalue weighted by Crippen LogP contribution is -2.29. The van der Waals surface area contributed by atoms with E-state index in [4.69, 9.17) is 13.1 Å². The molecule has 10 aromatic heterocycles. The summed E-state index contributed by atoms with van der Waals surface area (Å²) in [6.45, 7) is 35.8. The number of thiophene rings is 10. The Morgan fingerprint density at radius 1 is 0.382 bits per heavy atom. The van der Waals surface area contributed by atoms with Crippen molar-refractivity contribution in [1.82, 2.24) is 0 Å². The topological polar surface area (TPSA) is 90.4 Å². The van der Waals surface area contributed by atoms with Crippen molar-refractivity contribution < 1.29 is 9.59 Å². The minimum atomic E-state index is -0.968. The SMILES string of the molecule is [C-]#[N+]C(C#N)=C1/C(=C/c2cc3c(s2)-c2sc4c(-c5ccc(SCC(CC)CCCC)s5)c5c6c(sc5c(-c5ccc(SCC(CC)CCCC)s5)c4c2C3(c2ccc(CCCCCC)cc2)c2ccc(CCCCCC)cc2)-c2sc(/C=C3\C(=O)c4sc5ccsc5c4\C3=C(/C#N)[N+]#[C-])cc2C6(c2ccc(CCCCCC)cc2)c2ccc(CCCCCC)cc2)C(=O)c2sc3ccsc3c21. The molecule has 2 unspecified atom stereocenters. The zero-order valence-corrected chi connectivity index (χ0v) is 88.8. The molecule has 5 aromatic carbocycles. The number of nitrogens with zero attached hydrogens (tertiary/aromatic N) is 4. The van der Waals surface area contributed by atoms with E-state index in [1.165, 1.54) is 264 Å². The molecule has 690 valence electrons. The number of nitriles is 2. The van der Waals surface area contributed by atoms with E-state index < -0.39 is 10.8 Å². The van der Waals surface area contributed by atoms with Gasteiger partial charge < -0.3 is 0 Å². The van der Waals surface area contributed by atoms with Gasteiger partial charge in [0.05, 0.1) is 83.2 Å². The first kappa shape index (κ1) is 96.0. The lowest BCUT2D eigenvalue weighted by molar-refractivity contribution is 0.103. The molecule has 15 aromatic rings. The number of rotatable bonds is 42. The van der Waals surface area contributed by atoms with Crippen LogP contribution < -0.4 is 0 Å². The van der Waals surface area contributed by atoms with Crippen molar-refractivity contribution in [2.24, 2.45) is 11.8 Å². The summed E-state index contributed by atoms with van der Waals surface area (Å²) in [6.07, 6.45) is 36.1. The Morgan fingerprint density at radius 2 is 0.728 bits per heavy atom. The van der Waals surface area contributed by atoms with Gasteiger partial charge in [0.1, 0.15) is 0 Å². The van der Waals surface area contributed by atoms with Gasteiger partial charge in [-0.2, -0.15) is 0 Å². The first-order valence-corrected chi connectivity index (χ1v) is 59.8. The van der Waals surface area contributed by atoms with E-state index in [2.05, 4.69) is 223 Å². The van der Waals surface area contributed by atoms with Gasteiger partial charge >= 0.3 is 0 Å². The number of hydrogen-bond donors (Lipinski definition) is 0. The van der Waals surface area contributed by atoms with Gasteiger partial charge in [0, 0.05) is 105 Å². The number of Topliss-reactive ketones (excluding diaryl/α,β-unsaturated/α-hetero) is 2. The molecular formula is C118H114N4O2S12. The number of benzene rings is 5. The number of carbonyl (C=O) groups excluding carboxylic acids is 2. The van der Waals surface area contributed by atoms with Crippen molar-refractivity contribution in [3.8, 4) is 52.5 Å². The summed E-state index contributed by atoms with van der Waals surface area (Å²) in [5, 5.41) is 28.7. The Hall–Kier alpha value is -8.90. The third-order valence-electron chi connectivity index (χ3n) is 28.7. The average Bonchev–Trinajstić information content (AvgIpc) is 1.48. The van der Waals surface area contributed by atoms with Crippen LogP contribution in [0.15, 0.2) is 187 Å². The van der Waals surface area contributed by atoms with Crippen molar-refractivity contribution in [3.63, 3.8) is 0 Å². The van der Waals surface area contributed by atoms with Gasteiger partial charge in [0.2, 0.25) is 11.6 Å². The predicted molar refractivity (Wildman–Crippen MR) is 596 cm³/mol. The monoisotopic (exact) mass is 2000 g/mol. The Bertz CT molecular complexity index is 6750. The molecule has 0 spiro atoms. The second kappa shape index (κ2) is 42.7. The van der Waals surface area contributed by atoms with E-state index in [9.17, 15) is 10.5 Å². The summed E-state index contributed by atoms with van der Waals surface area (Å²) in [5.74, 6) is 2.95. The minimum absolute atomic E-state index is 0.0697. The Labute approximate surface area is 851 Å². The maximum absolute atomic E-state index is 15.7. The van der Waals surface area contributed by atoms with Gasteiger partial charge in [0.25, 0.3) is 11.4 Å². The minimum Gasteiger partial charge on any atom is -0.288 e. The molecule has 4 aliphatic rings. The molecule has 0 N–H and O–H groups in total. The Morgan fingerprint density at radius 3 is 1.04 bits per heavy atom. The lowest BCUT2D eigenvalue weighted by Gasteiger charge is -2.35. The van der Waals surface area contributed by atoms with Gasteiger partial charge in [-0.15, -0.1) is 137 Å². The highest BCUT2D eigenvalue weighted by Gasteiger charge is 2.55. The summed E-state index contributed by atoms with van der Waals surface area (Å²) < 4.78 is 8.96. The van der Waals surface area contributed by atoms with Crippen LogP contribution in [0.1, 0.15) is 316 Å². The largest absolute Gasteiger partial charge is 0.288 e. The van der Waals surface area contributed by atoms with E-state index in [-0.39, 0.29) is 23.0 Å². The number of carbonyl (C=O) groups is 2. The van der Waals surface area contributed by atoms with Crippen LogP contribution in [0.2, 0.25) is 0 Å². The molecule has 4 aliphatic carbocycles. The highest BCUT2D eigenvalue weighted by Crippen LogP contribution is 2.72. The van der Waals surface area contributed by atoms with E-state index >= 15 is 9.59 Å². The Kier molecular flexibility index (Phi) is 30.1. The maximum atomic E-state index is 15.7. The first-order valence-electron chi connectivity index (χ1n) is 49.6. The second-order valence-corrected chi connectivity index (χ2v) is 50.2. The van der Waals surface area contributed by atoms with Gasteiger partial charge in [-0.05, 0) is 214 Å². The fourth-order valence-corrected chi connectivity index (χ4v) is 36.7. The van der Waals surface area contributed by atoms with Gasteiger partial charge in [-0.3, -0.25) is 9.59 Å². The highest BCUT2D eigenvalue weighted by molar-refractivity contribution is 8.01. The first-order chi connectivity index (χ1) is 66.7. The molecule has 2 atom stereocenters. The lowest BCUT2D eigenvalue weighted by atomic mass is 9.66. The summed E-state index contributed by atoms with van der Waals surface area (Å²) in [5.41, 5.74) is 18.4. The number of thioether (sulfide) groups is 2. The molecule has 136 heavy (non-hydrogen) atoms. The quantitative estimate of drug-likeness (QED) is 0.0124. The van der Waals surface area contributed by atoms with Crippen LogP contribution in [-0.4, -0.2) is 23.1 Å². The number of unbranched alkanes of at least 4 members (excludes halogenated alkanes) is 14. The van der Waals surface area contributed by atoms with Gasteiger partial charge in [-0.1, -0.05) is 268 Å². The molecule has 10 heterocycles. The van der Waals surface area contributed by atoms with E-state index in [0.29, 0.717) is 55.0 Å². The fraction of sp³-hybridized carbons (Fsp3) is 0.356. The van der Waals surface area contributed by atoms with Crippen LogP contribution >= 0.6 is 137 Å². The number of hydrogen-bond acceptors (Lipinski definition) is 16. The van der Waals surface area contributed by atoms with E-state index in [1.807, 2.05) is 91.8 Å². The zero-order chi connectivity index (χ0) is 93.9. The molecule has 0 radical (unpaired) electrons. The molecule has 18 heteroatoms. The summed E-state index contributed by atoms with van der Waals surface area (Å²) in [6, 6.07) is 62.7. The zero-order valence-electron chi connectivity index (χ0n) is 79.0. The summed E-state index contributed by atoms with van der Waals surface area (Å²) in [4.78, 5) is 49.4. The Balaban J connectivity index is 0.968. The number of ketones is 2. The third kappa shape index (κ3) is 17.6. The predicted octanol–water partition coefficient (Wildman–Crippen LogP) is 39.0. The number of aryl methyl sites for hydroxylation is 4. The van der Waals surface area contributed by atoms with Gasteiger partial charge in [-0.25, -0.2) is 20.2 Å². The molecule has 6 nitrogen and oxygen atoms in total. The van der Waals surface area contributed by atoms with Crippen molar-refractivity contribution in [3.05, 3.63) is 299 Å². The normalized spacial score (nSPS) is 15.7. The molecule has 0 bridgehead atoms. The standard InChI is InChI=1S/C118H114N4O2S12/c1-11-19-25-29-35-73-39-47-77(48-40-73)117(78-49-41-74(42-50-78)36-30-26-20-12-2)85-65-81(63-83-95(87(67-119)121-9)101-109-91(59-61-125-109)133-113(101)105(83)123)129-107(85)115-103(117)99-97(89-55-57-93(131-89)127-69-71(17-7)33-23-15-5)112-100(98(111(99)135-115)90-56-58-94(132-90)128-70-72(18-8)34-24-16-6)104-116(136-112)108-86(66-82(130-108)64-84-96(88(68-120)122-10)102-110-92(60-62-126-110)134-114(102)106(84)124)118(104,79-51-43-75(44-52-79)37-31-27-21-13-3)80-53-45-76(46-54-80)38-32-28-22-14-4/h39-66,71-72H,11-38,69-70H2,1-8H3/b83-63-,84-64-,95-87+,96-88?. The second-order valence-electron chi connectivity index (χ2n) is 37.3. The molecule has 0 aliphatic heterocycles. The third-order valence-corrected chi connectivity index (χ3v) is 43.2. The van der Waals surface area contributed by atoms with Crippen LogP contribution in [-0.2, 0) is 36.5 Å². The van der Waals surface area contributed by atoms with Crippen LogP contribution in [0.5, 0.6) is 0 Å². The van der Waals surface area contributed by atoms with Crippen LogP contribution in [0.3, 0.4) is 0 Å².